The van der Waals surface area contributed by atoms with E-state index in [-0.39, 0.29) is 0 Å². The lowest BCUT2D eigenvalue weighted by Crippen LogP contribution is -1.96. The van der Waals surface area contributed by atoms with E-state index in [0.29, 0.717) is 0 Å². The maximum Gasteiger partial charge on any atom is 0.0473 e. The normalized spacial score (nSPS) is 10.0. The van der Waals surface area contributed by atoms with Crippen LogP contribution in [0.3, 0.4) is 0 Å². The number of rotatable bonds is 6. The summed E-state index contributed by atoms with van der Waals surface area (Å²) in [6.45, 7) is 5.39. The van der Waals surface area contributed by atoms with Crippen LogP contribution in [0.25, 0.3) is 0 Å². The molecule has 1 nitrogen and oxygen atoms in total. The number of thioether (sulfide) groups is 1. The fourth-order valence-corrected chi connectivity index (χ4v) is 0.916. The first kappa shape index (κ1) is 9.31. The Bertz CT molecular complexity index is 42.2. The van der Waals surface area contributed by atoms with Crippen molar-refractivity contribution in [1.82, 2.24) is 0 Å². The van der Waals surface area contributed by atoms with Crippen LogP contribution >= 0.6 is 11.8 Å². The van der Waals surface area contributed by atoms with Crippen LogP contribution in [0.4, 0.5) is 0 Å². The van der Waals surface area contributed by atoms with Crippen LogP contribution in [0.2, 0.25) is 0 Å². The quantitative estimate of drug-likeness (QED) is 0.531. The minimum Gasteiger partial charge on any atom is -0.381 e. The summed E-state index contributed by atoms with van der Waals surface area (Å²) in [5.74, 6) is 1.21. The van der Waals surface area contributed by atoms with Crippen LogP contribution < -0.4 is 0 Å². The molecule has 0 amide bonds. The van der Waals surface area contributed by atoms with Gasteiger partial charge in [-0.1, -0.05) is 6.92 Å². The standard InChI is InChI=1S/C7H15OS/c1-3-5-8-6-4-7-9-2/h1,3-7H2,2H3. The largest absolute Gasteiger partial charge is 0.381 e. The van der Waals surface area contributed by atoms with Gasteiger partial charge in [0.25, 0.3) is 0 Å². The Hall–Kier alpha value is 0.310. The third-order valence-electron chi connectivity index (χ3n) is 0.926. The summed E-state index contributed by atoms with van der Waals surface area (Å²) < 4.78 is 5.21. The molecule has 55 valence electrons. The summed E-state index contributed by atoms with van der Waals surface area (Å²) >= 11 is 1.86. The molecule has 0 aromatic carbocycles. The van der Waals surface area contributed by atoms with E-state index >= 15 is 0 Å². The highest BCUT2D eigenvalue weighted by molar-refractivity contribution is 7.98. The molecule has 1 radical (unpaired) electrons. The fourth-order valence-electron chi connectivity index (χ4n) is 0.509. The summed E-state index contributed by atoms with van der Waals surface area (Å²) in [7, 11) is 0. The van der Waals surface area contributed by atoms with E-state index in [9.17, 15) is 0 Å². The van der Waals surface area contributed by atoms with Crippen LogP contribution in [0.1, 0.15) is 12.8 Å². The molecule has 0 bridgehead atoms. The van der Waals surface area contributed by atoms with Gasteiger partial charge in [-0.05, 0) is 24.9 Å². The monoisotopic (exact) mass is 147 g/mol. The Morgan fingerprint density at radius 1 is 1.44 bits per heavy atom. The van der Waals surface area contributed by atoms with Crippen molar-refractivity contribution >= 4 is 11.8 Å². The smallest absolute Gasteiger partial charge is 0.0473 e. The second kappa shape index (κ2) is 8.31. The molecule has 0 unspecified atom stereocenters. The van der Waals surface area contributed by atoms with Crippen LogP contribution in [0.15, 0.2) is 0 Å². The molecular weight excluding hydrogens is 132 g/mol. The molecule has 0 aliphatic carbocycles. The van der Waals surface area contributed by atoms with Gasteiger partial charge < -0.3 is 4.74 Å². The number of ether oxygens (including phenoxy) is 1. The first-order chi connectivity index (χ1) is 4.41. The lowest BCUT2D eigenvalue weighted by molar-refractivity contribution is 0.140. The second-order valence-corrected chi connectivity index (χ2v) is 2.80. The van der Waals surface area contributed by atoms with Gasteiger partial charge in [0.2, 0.25) is 0 Å². The van der Waals surface area contributed by atoms with E-state index in [1.54, 1.807) is 0 Å². The molecular formula is C7H15OS. The van der Waals surface area contributed by atoms with Gasteiger partial charge in [0.15, 0.2) is 0 Å². The van der Waals surface area contributed by atoms with Crippen molar-refractivity contribution in [3.63, 3.8) is 0 Å². The average molecular weight is 147 g/mol. The van der Waals surface area contributed by atoms with E-state index in [0.717, 1.165) is 19.6 Å². The SMILES string of the molecule is [CH2]CCOCCCSC. The lowest BCUT2D eigenvalue weighted by Gasteiger charge is -1.99. The molecule has 0 N–H and O–H groups in total. The van der Waals surface area contributed by atoms with Crippen LogP contribution in [0.5, 0.6) is 0 Å². The zero-order valence-electron chi connectivity index (χ0n) is 6.06. The number of hydrogen-bond acceptors (Lipinski definition) is 2. The molecule has 0 heterocycles. The highest BCUT2D eigenvalue weighted by atomic mass is 32.2. The first-order valence-corrected chi connectivity index (χ1v) is 4.67. The minimum absolute atomic E-state index is 0.814. The third kappa shape index (κ3) is 8.31. The van der Waals surface area contributed by atoms with Crippen molar-refractivity contribution in [2.24, 2.45) is 0 Å². The van der Waals surface area contributed by atoms with Gasteiger partial charge in [-0.2, -0.15) is 11.8 Å². The van der Waals surface area contributed by atoms with E-state index in [1.165, 1.54) is 12.2 Å². The van der Waals surface area contributed by atoms with Crippen molar-refractivity contribution in [2.45, 2.75) is 12.8 Å². The summed E-state index contributed by atoms with van der Waals surface area (Å²) in [6.07, 6.45) is 4.17. The molecule has 0 aromatic rings. The Labute approximate surface area is 62.2 Å². The van der Waals surface area contributed by atoms with Gasteiger partial charge >= 0.3 is 0 Å². The van der Waals surface area contributed by atoms with Crippen molar-refractivity contribution in [2.75, 3.05) is 25.2 Å². The van der Waals surface area contributed by atoms with Gasteiger partial charge in [0.1, 0.15) is 0 Å². The van der Waals surface area contributed by atoms with E-state index in [1.807, 2.05) is 11.8 Å². The lowest BCUT2D eigenvalue weighted by atomic mass is 10.5. The second-order valence-electron chi connectivity index (χ2n) is 1.81. The highest BCUT2D eigenvalue weighted by Crippen LogP contribution is 1.95. The Balaban J connectivity index is 2.60. The summed E-state index contributed by atoms with van der Waals surface area (Å²) in [5, 5.41) is 0. The molecule has 0 fully saturated rings. The minimum atomic E-state index is 0.814. The molecule has 2 heteroatoms. The van der Waals surface area contributed by atoms with Gasteiger partial charge in [-0.3, -0.25) is 0 Å². The molecule has 0 aliphatic heterocycles. The van der Waals surface area contributed by atoms with E-state index in [4.69, 9.17) is 4.74 Å². The topological polar surface area (TPSA) is 9.23 Å². The maximum atomic E-state index is 5.21. The molecule has 0 rings (SSSR count). The highest BCUT2D eigenvalue weighted by Gasteiger charge is 1.84. The van der Waals surface area contributed by atoms with Crippen molar-refractivity contribution in [3.8, 4) is 0 Å². The van der Waals surface area contributed by atoms with E-state index < -0.39 is 0 Å². The van der Waals surface area contributed by atoms with Crippen molar-refractivity contribution in [1.29, 1.82) is 0 Å². The van der Waals surface area contributed by atoms with Gasteiger partial charge in [-0.25, -0.2) is 0 Å². The fraction of sp³-hybridized carbons (Fsp3) is 0.857. The Morgan fingerprint density at radius 3 is 2.78 bits per heavy atom. The predicted octanol–water partition coefficient (Wildman–Crippen LogP) is 1.98. The Kier molecular flexibility index (Phi) is 8.60. The van der Waals surface area contributed by atoms with Gasteiger partial charge in [0.05, 0.1) is 0 Å². The molecule has 0 saturated carbocycles. The first-order valence-electron chi connectivity index (χ1n) is 3.27. The summed E-state index contributed by atoms with van der Waals surface area (Å²) in [4.78, 5) is 0. The molecule has 0 atom stereocenters. The van der Waals surface area contributed by atoms with Gasteiger partial charge in [0, 0.05) is 13.2 Å². The zero-order chi connectivity index (χ0) is 6.95. The van der Waals surface area contributed by atoms with Gasteiger partial charge in [-0.15, -0.1) is 0 Å². The molecule has 0 spiro atoms. The molecule has 0 saturated heterocycles. The summed E-state index contributed by atoms with van der Waals surface area (Å²) in [6, 6.07) is 0. The maximum absolute atomic E-state index is 5.21. The molecule has 0 aromatic heterocycles. The summed E-state index contributed by atoms with van der Waals surface area (Å²) in [5.41, 5.74) is 0. The van der Waals surface area contributed by atoms with Crippen molar-refractivity contribution < 1.29 is 4.74 Å². The zero-order valence-corrected chi connectivity index (χ0v) is 6.88. The van der Waals surface area contributed by atoms with E-state index in [2.05, 4.69) is 13.2 Å². The Morgan fingerprint density at radius 2 is 2.22 bits per heavy atom. The molecule has 0 aliphatic rings. The van der Waals surface area contributed by atoms with Crippen LogP contribution in [-0.4, -0.2) is 25.2 Å². The third-order valence-corrected chi connectivity index (χ3v) is 1.62. The van der Waals surface area contributed by atoms with Crippen LogP contribution in [0, 0.1) is 6.92 Å². The average Bonchev–Trinajstić information content (AvgIpc) is 1.89. The number of hydrogen-bond donors (Lipinski definition) is 0. The van der Waals surface area contributed by atoms with Crippen LogP contribution in [-0.2, 0) is 4.74 Å². The van der Waals surface area contributed by atoms with Crippen molar-refractivity contribution in [3.05, 3.63) is 6.92 Å². The molecule has 9 heavy (non-hydrogen) atoms. The predicted molar refractivity (Wildman–Crippen MR) is 43.8 cm³/mol.